The first kappa shape index (κ1) is 15.8. The van der Waals surface area contributed by atoms with Crippen LogP contribution in [0.25, 0.3) is 0 Å². The number of nitrogens with zero attached hydrogens (tertiary/aromatic N) is 2. The van der Waals surface area contributed by atoms with Gasteiger partial charge >= 0.3 is 0 Å². The van der Waals surface area contributed by atoms with E-state index in [1.807, 2.05) is 39.2 Å². The van der Waals surface area contributed by atoms with Gasteiger partial charge in [0.2, 0.25) is 0 Å². The summed E-state index contributed by atoms with van der Waals surface area (Å²) < 4.78 is 0.972. The summed E-state index contributed by atoms with van der Waals surface area (Å²) in [6.07, 6.45) is 0. The summed E-state index contributed by atoms with van der Waals surface area (Å²) in [4.78, 5) is 18.3. The number of aromatic nitrogens is 1. The van der Waals surface area contributed by atoms with E-state index >= 15 is 0 Å². The first-order valence-corrected chi connectivity index (χ1v) is 7.46. The zero-order valence-electron chi connectivity index (χ0n) is 11.9. The van der Waals surface area contributed by atoms with Gasteiger partial charge in [0.15, 0.2) is 0 Å². The van der Waals surface area contributed by atoms with Gasteiger partial charge in [0.05, 0.1) is 0 Å². The Kier molecular flexibility index (Phi) is 4.85. The number of hydrogen-bond acceptors (Lipinski definition) is 3. The fourth-order valence-corrected chi connectivity index (χ4v) is 2.48. The van der Waals surface area contributed by atoms with Crippen molar-refractivity contribution < 1.29 is 4.79 Å². The second-order valence-corrected chi connectivity index (χ2v) is 6.15. The molecule has 0 saturated heterocycles. The van der Waals surface area contributed by atoms with E-state index in [-0.39, 0.29) is 5.91 Å². The van der Waals surface area contributed by atoms with E-state index in [9.17, 15) is 4.79 Å². The van der Waals surface area contributed by atoms with E-state index in [4.69, 9.17) is 11.6 Å². The van der Waals surface area contributed by atoms with Crippen molar-refractivity contribution in [3.63, 3.8) is 0 Å². The van der Waals surface area contributed by atoms with Crippen molar-refractivity contribution in [1.29, 1.82) is 0 Å². The third kappa shape index (κ3) is 3.95. The molecule has 0 aliphatic rings. The number of nitrogens with one attached hydrogen (secondary N) is 1. The summed E-state index contributed by atoms with van der Waals surface area (Å²) in [7, 11) is 3.69. The van der Waals surface area contributed by atoms with E-state index in [1.54, 1.807) is 17.0 Å². The predicted molar refractivity (Wildman–Crippen MR) is 90.4 cm³/mol. The number of carbonyl (C=O) groups excluding carboxylic acids is 1. The molecule has 1 aromatic carbocycles. The molecule has 1 aromatic heterocycles. The minimum absolute atomic E-state index is 0.215. The van der Waals surface area contributed by atoms with Crippen molar-refractivity contribution in [2.45, 2.75) is 6.92 Å². The molecule has 4 nitrogen and oxygen atoms in total. The molecule has 0 saturated carbocycles. The molecule has 0 unspecified atom stereocenters. The topological polar surface area (TPSA) is 45.2 Å². The van der Waals surface area contributed by atoms with E-state index in [2.05, 4.69) is 26.2 Å². The highest BCUT2D eigenvalue weighted by molar-refractivity contribution is 9.10. The van der Waals surface area contributed by atoms with Crippen LogP contribution in [0.2, 0.25) is 5.15 Å². The Morgan fingerprint density at radius 2 is 2.00 bits per heavy atom. The average molecular weight is 369 g/mol. The van der Waals surface area contributed by atoms with Crippen LogP contribution in [0, 0.1) is 6.92 Å². The standard InChI is InChI=1S/C15H15BrClN3O/c1-9-6-11(16)4-5-12(9)18-15(21)10-7-13(17)19-14(8-10)20(2)3/h4-8H,1-3H3,(H,18,21). The smallest absolute Gasteiger partial charge is 0.255 e. The lowest BCUT2D eigenvalue weighted by Gasteiger charge is -2.14. The Bertz CT molecular complexity index is 689. The Balaban J connectivity index is 2.28. The number of amides is 1. The number of carbonyl (C=O) groups is 1. The van der Waals surface area contributed by atoms with Crippen molar-refractivity contribution in [3.8, 4) is 0 Å². The summed E-state index contributed by atoms with van der Waals surface area (Å²) in [6.45, 7) is 1.94. The molecule has 1 heterocycles. The molecule has 2 aromatic rings. The lowest BCUT2D eigenvalue weighted by Crippen LogP contribution is -2.16. The molecule has 0 radical (unpaired) electrons. The Hall–Kier alpha value is -1.59. The fraction of sp³-hybridized carbons (Fsp3) is 0.200. The highest BCUT2D eigenvalue weighted by atomic mass is 79.9. The number of anilines is 2. The third-order valence-electron chi connectivity index (χ3n) is 2.94. The molecular weight excluding hydrogens is 354 g/mol. The van der Waals surface area contributed by atoms with Crippen LogP contribution < -0.4 is 10.2 Å². The van der Waals surface area contributed by atoms with Gasteiger partial charge in [0.1, 0.15) is 11.0 Å². The molecule has 2 rings (SSSR count). The van der Waals surface area contributed by atoms with Crippen LogP contribution in [0.1, 0.15) is 15.9 Å². The van der Waals surface area contributed by atoms with Gasteiger partial charge in [0.25, 0.3) is 5.91 Å². The number of rotatable bonds is 3. The number of pyridine rings is 1. The molecular formula is C15H15BrClN3O. The molecule has 0 atom stereocenters. The first-order chi connectivity index (χ1) is 9.86. The summed E-state index contributed by atoms with van der Waals surface area (Å²) in [5, 5.41) is 3.17. The minimum atomic E-state index is -0.215. The Morgan fingerprint density at radius 3 is 2.62 bits per heavy atom. The molecule has 0 bridgehead atoms. The van der Waals surface area contributed by atoms with Gasteiger partial charge in [-0.1, -0.05) is 27.5 Å². The van der Waals surface area contributed by atoms with Crippen LogP contribution in [-0.4, -0.2) is 25.0 Å². The fourth-order valence-electron chi connectivity index (χ4n) is 1.81. The van der Waals surface area contributed by atoms with Crippen LogP contribution >= 0.6 is 27.5 Å². The van der Waals surface area contributed by atoms with Crippen molar-refractivity contribution in [2.24, 2.45) is 0 Å². The molecule has 1 N–H and O–H groups in total. The highest BCUT2D eigenvalue weighted by Crippen LogP contribution is 2.22. The van der Waals surface area contributed by atoms with Crippen molar-refractivity contribution >= 4 is 44.9 Å². The third-order valence-corrected chi connectivity index (χ3v) is 3.62. The Labute approximate surface area is 137 Å². The number of hydrogen-bond donors (Lipinski definition) is 1. The van der Waals surface area contributed by atoms with Gasteiger partial charge in [-0.15, -0.1) is 0 Å². The van der Waals surface area contributed by atoms with Gasteiger partial charge in [-0.05, 0) is 42.8 Å². The van der Waals surface area contributed by atoms with Gasteiger partial charge in [-0.25, -0.2) is 4.98 Å². The molecule has 6 heteroatoms. The second-order valence-electron chi connectivity index (χ2n) is 4.84. The number of aryl methyl sites for hydroxylation is 1. The molecule has 0 spiro atoms. The number of benzene rings is 1. The zero-order chi connectivity index (χ0) is 15.6. The molecule has 110 valence electrons. The molecule has 1 amide bonds. The van der Waals surface area contributed by atoms with Crippen LogP contribution in [0.3, 0.4) is 0 Å². The van der Waals surface area contributed by atoms with Gasteiger partial charge < -0.3 is 10.2 Å². The van der Waals surface area contributed by atoms with Crippen molar-refractivity contribution in [2.75, 3.05) is 24.3 Å². The zero-order valence-corrected chi connectivity index (χ0v) is 14.3. The maximum Gasteiger partial charge on any atom is 0.255 e. The first-order valence-electron chi connectivity index (χ1n) is 6.29. The van der Waals surface area contributed by atoms with Crippen molar-refractivity contribution in [3.05, 3.63) is 51.1 Å². The molecule has 0 aliphatic heterocycles. The molecule has 21 heavy (non-hydrogen) atoms. The van der Waals surface area contributed by atoms with Gasteiger partial charge in [-0.2, -0.15) is 0 Å². The van der Waals surface area contributed by atoms with Gasteiger partial charge in [-0.3, -0.25) is 4.79 Å². The SMILES string of the molecule is Cc1cc(Br)ccc1NC(=O)c1cc(Cl)nc(N(C)C)c1. The predicted octanol–water partition coefficient (Wildman–Crippen LogP) is 4.12. The largest absolute Gasteiger partial charge is 0.363 e. The van der Waals surface area contributed by atoms with Gasteiger partial charge in [0, 0.05) is 29.8 Å². The van der Waals surface area contributed by atoms with E-state index < -0.39 is 0 Å². The van der Waals surface area contributed by atoms with Crippen LogP contribution in [0.4, 0.5) is 11.5 Å². The molecule has 0 aliphatic carbocycles. The monoisotopic (exact) mass is 367 g/mol. The summed E-state index contributed by atoms with van der Waals surface area (Å²) in [5.41, 5.74) is 2.22. The summed E-state index contributed by atoms with van der Waals surface area (Å²) in [5.74, 6) is 0.424. The van der Waals surface area contributed by atoms with E-state index in [0.717, 1.165) is 15.7 Å². The second kappa shape index (κ2) is 6.45. The van der Waals surface area contributed by atoms with Crippen molar-refractivity contribution in [1.82, 2.24) is 4.98 Å². The van der Waals surface area contributed by atoms with Crippen LogP contribution in [-0.2, 0) is 0 Å². The quantitative estimate of drug-likeness (QED) is 0.829. The lowest BCUT2D eigenvalue weighted by atomic mass is 10.2. The maximum absolute atomic E-state index is 12.4. The highest BCUT2D eigenvalue weighted by Gasteiger charge is 2.12. The average Bonchev–Trinajstić information content (AvgIpc) is 2.41. The van der Waals surface area contributed by atoms with Crippen LogP contribution in [0.5, 0.6) is 0 Å². The van der Waals surface area contributed by atoms with E-state index in [1.165, 1.54) is 0 Å². The normalized spacial score (nSPS) is 10.3. The summed E-state index contributed by atoms with van der Waals surface area (Å²) in [6, 6.07) is 8.94. The molecule has 0 fully saturated rings. The maximum atomic E-state index is 12.4. The number of halogens is 2. The minimum Gasteiger partial charge on any atom is -0.363 e. The van der Waals surface area contributed by atoms with Crippen LogP contribution in [0.15, 0.2) is 34.8 Å². The lowest BCUT2D eigenvalue weighted by molar-refractivity contribution is 0.102. The Morgan fingerprint density at radius 1 is 1.29 bits per heavy atom. The summed E-state index contributed by atoms with van der Waals surface area (Å²) >= 11 is 9.37. The van der Waals surface area contributed by atoms with E-state index in [0.29, 0.717) is 16.5 Å².